The number of likely N-dealkylation sites (tertiary alicyclic amines) is 1. The van der Waals surface area contributed by atoms with Gasteiger partial charge in [0.1, 0.15) is 12.1 Å². The first-order valence-electron chi connectivity index (χ1n) is 11.0. The molecule has 5 rings (SSSR count). The number of carbonyl (C=O) groups is 1. The molecule has 2 aliphatic heterocycles. The number of aryl methyl sites for hydroxylation is 1. The lowest BCUT2D eigenvalue weighted by Gasteiger charge is -2.48. The van der Waals surface area contributed by atoms with Crippen LogP contribution >= 0.6 is 0 Å². The maximum absolute atomic E-state index is 12.6. The number of rotatable bonds is 4. The zero-order valence-electron chi connectivity index (χ0n) is 17.0. The molecule has 6 heteroatoms. The van der Waals surface area contributed by atoms with Crippen LogP contribution in [-0.4, -0.2) is 51.9 Å². The maximum Gasteiger partial charge on any atom is 0.222 e. The van der Waals surface area contributed by atoms with Crippen molar-refractivity contribution in [3.8, 4) is 0 Å². The molecule has 1 unspecified atom stereocenters. The first-order chi connectivity index (χ1) is 14.2. The van der Waals surface area contributed by atoms with Gasteiger partial charge in [0.05, 0.1) is 0 Å². The van der Waals surface area contributed by atoms with Crippen LogP contribution in [0.3, 0.4) is 0 Å². The normalized spacial score (nSPS) is 24.2. The summed E-state index contributed by atoms with van der Waals surface area (Å²) in [5.74, 6) is 1.45. The quantitative estimate of drug-likeness (QED) is 0.802. The van der Waals surface area contributed by atoms with Gasteiger partial charge in [0.15, 0.2) is 0 Å². The summed E-state index contributed by atoms with van der Waals surface area (Å²) in [4.78, 5) is 30.8. The third-order valence-electron chi connectivity index (χ3n) is 6.93. The van der Waals surface area contributed by atoms with E-state index in [0.29, 0.717) is 12.3 Å². The van der Waals surface area contributed by atoms with E-state index in [9.17, 15) is 4.79 Å². The van der Waals surface area contributed by atoms with Crippen LogP contribution in [0.5, 0.6) is 0 Å². The second-order valence-corrected chi connectivity index (χ2v) is 8.89. The molecule has 3 aliphatic rings. The number of carbonyl (C=O) groups excluding carboxylic acids is 1. The Morgan fingerprint density at radius 2 is 1.97 bits per heavy atom. The molecule has 0 saturated carbocycles. The summed E-state index contributed by atoms with van der Waals surface area (Å²) in [6, 6.07) is 5.99. The van der Waals surface area contributed by atoms with Gasteiger partial charge in [-0.15, -0.1) is 0 Å². The van der Waals surface area contributed by atoms with Crippen LogP contribution < -0.4 is 4.90 Å². The minimum Gasteiger partial charge on any atom is -0.356 e. The van der Waals surface area contributed by atoms with Crippen LogP contribution in [0.2, 0.25) is 0 Å². The van der Waals surface area contributed by atoms with E-state index in [1.165, 1.54) is 30.5 Å². The first-order valence-corrected chi connectivity index (χ1v) is 11.0. The average molecular weight is 392 g/mol. The molecule has 0 bridgehead atoms. The number of anilines is 1. The Bertz CT molecular complexity index is 886. The molecular formula is C23H29N5O. The summed E-state index contributed by atoms with van der Waals surface area (Å²) < 4.78 is 0. The number of amides is 1. The number of nitrogens with zero attached hydrogens (tertiary/aromatic N) is 5. The summed E-state index contributed by atoms with van der Waals surface area (Å²) in [7, 11) is 0. The zero-order chi connectivity index (χ0) is 19.7. The monoisotopic (exact) mass is 391 g/mol. The van der Waals surface area contributed by atoms with E-state index < -0.39 is 0 Å². The van der Waals surface area contributed by atoms with Crippen LogP contribution in [-0.2, 0) is 24.1 Å². The maximum atomic E-state index is 12.6. The summed E-state index contributed by atoms with van der Waals surface area (Å²) in [6.07, 6.45) is 11.8. The largest absolute Gasteiger partial charge is 0.356 e. The lowest BCUT2D eigenvalue weighted by molar-refractivity contribution is -0.137. The van der Waals surface area contributed by atoms with E-state index in [0.717, 1.165) is 63.4 Å². The average Bonchev–Trinajstić information content (AvgIpc) is 3.24. The third-order valence-corrected chi connectivity index (χ3v) is 6.93. The standard InChI is InChI=1S/C23H29N5O/c29-21-8-11-23(15-27(21)14-9-18-5-1-2-12-24-18)10-4-13-28(16-23)22-19-6-3-7-20(19)25-17-26-22/h1-2,5,12,17H,3-4,6-11,13-16H2. The Morgan fingerprint density at radius 1 is 1.00 bits per heavy atom. The lowest BCUT2D eigenvalue weighted by atomic mass is 9.73. The van der Waals surface area contributed by atoms with Crippen molar-refractivity contribution in [1.82, 2.24) is 19.9 Å². The van der Waals surface area contributed by atoms with Crippen LogP contribution in [0.25, 0.3) is 0 Å². The van der Waals surface area contributed by atoms with Crippen molar-refractivity contribution in [3.05, 3.63) is 47.7 Å². The number of aromatic nitrogens is 3. The Kier molecular flexibility index (Phi) is 4.94. The minimum atomic E-state index is 0.187. The van der Waals surface area contributed by atoms with Crippen molar-refractivity contribution in [2.24, 2.45) is 5.41 Å². The van der Waals surface area contributed by atoms with Gasteiger partial charge < -0.3 is 9.80 Å². The SMILES string of the molecule is O=C1CCC2(CCCN(c3ncnc4c3CCC4)C2)CN1CCc1ccccn1. The van der Waals surface area contributed by atoms with E-state index in [4.69, 9.17) is 0 Å². The fraction of sp³-hybridized carbons (Fsp3) is 0.565. The molecule has 0 aromatic carbocycles. The van der Waals surface area contributed by atoms with Crippen LogP contribution in [0.15, 0.2) is 30.7 Å². The van der Waals surface area contributed by atoms with Crippen molar-refractivity contribution >= 4 is 11.7 Å². The van der Waals surface area contributed by atoms with Gasteiger partial charge in [0.25, 0.3) is 0 Å². The second-order valence-electron chi connectivity index (χ2n) is 8.89. The highest BCUT2D eigenvalue weighted by Gasteiger charge is 2.42. The molecule has 1 spiro atoms. The molecule has 4 heterocycles. The fourth-order valence-corrected chi connectivity index (χ4v) is 5.44. The van der Waals surface area contributed by atoms with E-state index in [-0.39, 0.29) is 5.41 Å². The molecule has 6 nitrogen and oxygen atoms in total. The highest BCUT2D eigenvalue weighted by molar-refractivity contribution is 5.77. The van der Waals surface area contributed by atoms with Gasteiger partial charge in [0, 0.05) is 67.6 Å². The summed E-state index contributed by atoms with van der Waals surface area (Å²) in [5, 5.41) is 0. The zero-order valence-corrected chi connectivity index (χ0v) is 17.0. The van der Waals surface area contributed by atoms with E-state index in [1.807, 2.05) is 24.4 Å². The van der Waals surface area contributed by atoms with Crippen molar-refractivity contribution in [2.45, 2.75) is 51.4 Å². The Balaban J connectivity index is 1.31. The first kappa shape index (κ1) is 18.5. The molecule has 2 saturated heterocycles. The molecule has 2 fully saturated rings. The predicted octanol–water partition coefficient (Wildman–Crippen LogP) is 2.81. The topological polar surface area (TPSA) is 62.2 Å². The van der Waals surface area contributed by atoms with E-state index in [1.54, 1.807) is 6.33 Å². The van der Waals surface area contributed by atoms with Gasteiger partial charge in [0.2, 0.25) is 5.91 Å². The number of hydrogen-bond donors (Lipinski definition) is 0. The van der Waals surface area contributed by atoms with Gasteiger partial charge in [-0.1, -0.05) is 6.07 Å². The van der Waals surface area contributed by atoms with Gasteiger partial charge in [-0.3, -0.25) is 9.78 Å². The number of fused-ring (bicyclic) bond motifs is 1. The van der Waals surface area contributed by atoms with Gasteiger partial charge in [-0.25, -0.2) is 9.97 Å². The highest BCUT2D eigenvalue weighted by Crippen LogP contribution is 2.41. The van der Waals surface area contributed by atoms with Crippen molar-refractivity contribution in [1.29, 1.82) is 0 Å². The van der Waals surface area contributed by atoms with Gasteiger partial charge >= 0.3 is 0 Å². The van der Waals surface area contributed by atoms with E-state index >= 15 is 0 Å². The fourth-order valence-electron chi connectivity index (χ4n) is 5.44. The Hall–Kier alpha value is -2.50. The Morgan fingerprint density at radius 3 is 2.86 bits per heavy atom. The van der Waals surface area contributed by atoms with Crippen molar-refractivity contribution < 1.29 is 4.79 Å². The second kappa shape index (κ2) is 7.73. The molecule has 1 aliphatic carbocycles. The summed E-state index contributed by atoms with van der Waals surface area (Å²) in [5.41, 5.74) is 3.85. The Labute approximate surface area is 172 Å². The minimum absolute atomic E-state index is 0.187. The molecule has 1 amide bonds. The number of pyridine rings is 1. The van der Waals surface area contributed by atoms with E-state index in [2.05, 4.69) is 24.8 Å². The molecule has 1 atom stereocenters. The van der Waals surface area contributed by atoms with Crippen LogP contribution in [0.1, 0.15) is 49.1 Å². The predicted molar refractivity (Wildman–Crippen MR) is 112 cm³/mol. The molecule has 0 radical (unpaired) electrons. The molecule has 0 N–H and O–H groups in total. The molecular weight excluding hydrogens is 362 g/mol. The van der Waals surface area contributed by atoms with Crippen LogP contribution in [0.4, 0.5) is 5.82 Å². The van der Waals surface area contributed by atoms with Gasteiger partial charge in [-0.2, -0.15) is 0 Å². The number of piperidine rings is 2. The number of hydrogen-bond acceptors (Lipinski definition) is 5. The highest BCUT2D eigenvalue weighted by atomic mass is 16.2. The third kappa shape index (κ3) is 3.72. The molecule has 152 valence electrons. The molecule has 29 heavy (non-hydrogen) atoms. The van der Waals surface area contributed by atoms with Crippen molar-refractivity contribution in [2.75, 3.05) is 31.1 Å². The molecule has 2 aromatic heterocycles. The smallest absolute Gasteiger partial charge is 0.222 e. The lowest BCUT2D eigenvalue weighted by Crippen LogP contribution is -2.54. The summed E-state index contributed by atoms with van der Waals surface area (Å²) in [6.45, 7) is 3.69. The van der Waals surface area contributed by atoms with Crippen LogP contribution in [0, 0.1) is 5.41 Å². The van der Waals surface area contributed by atoms with Crippen molar-refractivity contribution in [3.63, 3.8) is 0 Å². The van der Waals surface area contributed by atoms with Gasteiger partial charge in [-0.05, 0) is 50.7 Å². The molecule has 2 aromatic rings. The summed E-state index contributed by atoms with van der Waals surface area (Å²) >= 11 is 0.